The predicted octanol–water partition coefficient (Wildman–Crippen LogP) is 2.93. The van der Waals surface area contributed by atoms with Crippen molar-refractivity contribution in [1.82, 2.24) is 4.90 Å². The molecule has 6 heteroatoms. The summed E-state index contributed by atoms with van der Waals surface area (Å²) >= 11 is 0. The van der Waals surface area contributed by atoms with Crippen molar-refractivity contribution in [3.05, 3.63) is 59.7 Å². The van der Waals surface area contributed by atoms with Gasteiger partial charge >= 0.3 is 0 Å². The van der Waals surface area contributed by atoms with Crippen molar-refractivity contribution in [2.24, 2.45) is 0 Å². The van der Waals surface area contributed by atoms with Crippen LogP contribution in [0.25, 0.3) is 0 Å². The van der Waals surface area contributed by atoms with Gasteiger partial charge < -0.3 is 10.2 Å². The van der Waals surface area contributed by atoms with Crippen LogP contribution in [0.3, 0.4) is 0 Å². The molecule has 0 bridgehead atoms. The summed E-state index contributed by atoms with van der Waals surface area (Å²) in [7, 11) is 0. The number of anilines is 2. The Morgan fingerprint density at radius 1 is 1.11 bits per heavy atom. The number of aryl methyl sites for hydroxylation is 1. The maximum atomic E-state index is 13.4. The van der Waals surface area contributed by atoms with Gasteiger partial charge in [0.05, 0.1) is 11.3 Å². The maximum Gasteiger partial charge on any atom is 0.271 e. The molecule has 1 atom stereocenters. The number of hydrogen-bond acceptors (Lipinski definition) is 3. The molecule has 27 heavy (non-hydrogen) atoms. The van der Waals surface area contributed by atoms with E-state index in [1.807, 2.05) is 38.1 Å². The maximum absolute atomic E-state index is 13.4. The van der Waals surface area contributed by atoms with Crippen LogP contribution in [-0.4, -0.2) is 34.8 Å². The van der Waals surface area contributed by atoms with Crippen LogP contribution >= 0.6 is 0 Å². The lowest BCUT2D eigenvalue weighted by molar-refractivity contribution is -0.128. The summed E-state index contributed by atoms with van der Waals surface area (Å²) in [5, 5.41) is 2.91. The molecule has 2 aromatic carbocycles. The lowest BCUT2D eigenvalue weighted by Crippen LogP contribution is -2.69. The standard InChI is InChI=1S/C21H21N3O3/c1-3-23-19(26)16-6-4-5-7-17(16)24-18(25)12-13-21(23,24)20(27)22-15-10-8-14(2)9-11-15/h4-11H,3,12-13H2,1-2H3,(H,22,27)/t21-/m0/s1. The number of rotatable bonds is 3. The van der Waals surface area contributed by atoms with Gasteiger partial charge in [0.15, 0.2) is 0 Å². The van der Waals surface area contributed by atoms with E-state index in [2.05, 4.69) is 5.32 Å². The van der Waals surface area contributed by atoms with E-state index in [0.717, 1.165) is 5.56 Å². The molecule has 4 rings (SSSR count). The predicted molar refractivity (Wildman–Crippen MR) is 102 cm³/mol. The first-order valence-corrected chi connectivity index (χ1v) is 9.11. The van der Waals surface area contributed by atoms with Crippen LogP contribution in [0.4, 0.5) is 11.4 Å². The van der Waals surface area contributed by atoms with Gasteiger partial charge in [-0.1, -0.05) is 29.8 Å². The van der Waals surface area contributed by atoms with E-state index in [4.69, 9.17) is 0 Å². The van der Waals surface area contributed by atoms with E-state index in [0.29, 0.717) is 23.5 Å². The molecule has 2 heterocycles. The molecule has 6 nitrogen and oxygen atoms in total. The molecular formula is C21H21N3O3. The highest BCUT2D eigenvalue weighted by Gasteiger charge is 2.60. The number of carbonyl (C=O) groups is 3. The van der Waals surface area contributed by atoms with Crippen LogP contribution in [-0.2, 0) is 9.59 Å². The van der Waals surface area contributed by atoms with Crippen molar-refractivity contribution in [2.45, 2.75) is 32.4 Å². The van der Waals surface area contributed by atoms with Crippen molar-refractivity contribution in [3.8, 4) is 0 Å². The topological polar surface area (TPSA) is 69.7 Å². The van der Waals surface area contributed by atoms with E-state index >= 15 is 0 Å². The summed E-state index contributed by atoms with van der Waals surface area (Å²) in [5.41, 5.74) is 1.35. The van der Waals surface area contributed by atoms with Gasteiger partial charge in [0.1, 0.15) is 0 Å². The largest absolute Gasteiger partial charge is 0.322 e. The normalized spacial score (nSPS) is 21.1. The molecule has 0 spiro atoms. The lowest BCUT2D eigenvalue weighted by atomic mass is 9.95. The first-order valence-electron chi connectivity index (χ1n) is 9.11. The van der Waals surface area contributed by atoms with Gasteiger partial charge in [-0.15, -0.1) is 0 Å². The average Bonchev–Trinajstić information content (AvgIpc) is 3.02. The van der Waals surface area contributed by atoms with Crippen LogP contribution in [0.5, 0.6) is 0 Å². The first kappa shape index (κ1) is 17.3. The van der Waals surface area contributed by atoms with Crippen LogP contribution in [0.2, 0.25) is 0 Å². The first-order chi connectivity index (χ1) is 13.0. The van der Waals surface area contributed by atoms with Crippen LogP contribution < -0.4 is 10.2 Å². The average molecular weight is 363 g/mol. The Morgan fingerprint density at radius 2 is 1.81 bits per heavy atom. The molecule has 0 aromatic heterocycles. The summed E-state index contributed by atoms with van der Waals surface area (Å²) in [6, 6.07) is 14.4. The third-order valence-electron chi connectivity index (χ3n) is 5.36. The van der Waals surface area contributed by atoms with Crippen molar-refractivity contribution in [2.75, 3.05) is 16.8 Å². The van der Waals surface area contributed by atoms with Crippen LogP contribution in [0.15, 0.2) is 48.5 Å². The second-order valence-electron chi connectivity index (χ2n) is 6.93. The fourth-order valence-electron chi connectivity index (χ4n) is 4.07. The zero-order valence-corrected chi connectivity index (χ0v) is 15.4. The number of nitrogens with one attached hydrogen (secondary N) is 1. The Morgan fingerprint density at radius 3 is 2.52 bits per heavy atom. The van der Waals surface area contributed by atoms with Gasteiger partial charge in [-0.25, -0.2) is 0 Å². The van der Waals surface area contributed by atoms with Crippen molar-refractivity contribution in [3.63, 3.8) is 0 Å². The van der Waals surface area contributed by atoms with Crippen molar-refractivity contribution < 1.29 is 14.4 Å². The summed E-state index contributed by atoms with van der Waals surface area (Å²) in [6.45, 7) is 4.13. The summed E-state index contributed by atoms with van der Waals surface area (Å²) in [4.78, 5) is 42.3. The minimum atomic E-state index is -1.33. The number of fused-ring (bicyclic) bond motifs is 3. The molecule has 0 radical (unpaired) electrons. The Kier molecular flexibility index (Phi) is 3.98. The highest BCUT2D eigenvalue weighted by molar-refractivity contribution is 6.18. The number of carbonyl (C=O) groups excluding carboxylic acids is 3. The zero-order valence-electron chi connectivity index (χ0n) is 15.4. The van der Waals surface area contributed by atoms with E-state index in [-0.39, 0.29) is 30.6 Å². The number of nitrogens with zero attached hydrogens (tertiary/aromatic N) is 2. The molecule has 2 aliphatic heterocycles. The fourth-order valence-corrected chi connectivity index (χ4v) is 4.07. The molecule has 1 fully saturated rings. The summed E-state index contributed by atoms with van der Waals surface area (Å²) in [5.74, 6) is -0.729. The van der Waals surface area contributed by atoms with E-state index < -0.39 is 5.66 Å². The molecule has 1 saturated heterocycles. The van der Waals surface area contributed by atoms with Crippen molar-refractivity contribution >= 4 is 29.1 Å². The van der Waals surface area contributed by atoms with Crippen LogP contribution in [0, 0.1) is 6.92 Å². The second kappa shape index (κ2) is 6.23. The van der Waals surface area contributed by atoms with Crippen molar-refractivity contribution in [1.29, 1.82) is 0 Å². The second-order valence-corrected chi connectivity index (χ2v) is 6.93. The smallest absolute Gasteiger partial charge is 0.271 e. The minimum absolute atomic E-state index is 0.146. The number of amides is 3. The van der Waals surface area contributed by atoms with Gasteiger partial charge in [0.2, 0.25) is 11.6 Å². The molecule has 2 aromatic rings. The van der Waals surface area contributed by atoms with Gasteiger partial charge in [-0.3, -0.25) is 19.3 Å². The highest BCUT2D eigenvalue weighted by atomic mass is 16.2. The quantitative estimate of drug-likeness (QED) is 0.912. The van der Waals surface area contributed by atoms with Gasteiger partial charge in [0.25, 0.3) is 11.8 Å². The minimum Gasteiger partial charge on any atom is -0.322 e. The fraction of sp³-hybridized carbons (Fsp3) is 0.286. The summed E-state index contributed by atoms with van der Waals surface area (Å²) in [6.07, 6.45) is 0.497. The molecule has 1 N–H and O–H groups in total. The van der Waals surface area contributed by atoms with Gasteiger partial charge in [-0.2, -0.15) is 0 Å². The Labute approximate surface area is 157 Å². The molecule has 138 valence electrons. The number of para-hydroxylation sites is 1. The third kappa shape index (κ3) is 2.44. The Hall–Kier alpha value is -3.15. The molecule has 0 unspecified atom stereocenters. The summed E-state index contributed by atoms with van der Waals surface area (Å²) < 4.78 is 0. The molecule has 0 aliphatic carbocycles. The Balaban J connectivity index is 1.82. The number of hydrogen-bond donors (Lipinski definition) is 1. The SMILES string of the molecule is CCN1C(=O)c2ccccc2N2C(=O)CC[C@]12C(=O)Nc1ccc(C)cc1. The number of likely N-dealkylation sites (N-methyl/N-ethyl adjacent to an activating group) is 1. The monoisotopic (exact) mass is 363 g/mol. The van der Waals surface area contributed by atoms with E-state index in [1.54, 1.807) is 24.3 Å². The third-order valence-corrected chi connectivity index (χ3v) is 5.36. The van der Waals surface area contributed by atoms with E-state index in [1.165, 1.54) is 9.80 Å². The van der Waals surface area contributed by atoms with E-state index in [9.17, 15) is 14.4 Å². The zero-order chi connectivity index (χ0) is 19.2. The molecule has 0 saturated carbocycles. The van der Waals surface area contributed by atoms with Gasteiger partial charge in [0, 0.05) is 25.1 Å². The molecular weight excluding hydrogens is 342 g/mol. The molecule has 2 aliphatic rings. The van der Waals surface area contributed by atoms with Crippen LogP contribution in [0.1, 0.15) is 35.7 Å². The highest BCUT2D eigenvalue weighted by Crippen LogP contribution is 2.44. The Bertz CT molecular complexity index is 938. The number of benzene rings is 2. The lowest BCUT2D eigenvalue weighted by Gasteiger charge is -2.48. The molecule has 3 amide bonds. The van der Waals surface area contributed by atoms with Gasteiger partial charge in [-0.05, 0) is 38.1 Å².